The Morgan fingerprint density at radius 1 is 1.47 bits per heavy atom. The fourth-order valence-corrected chi connectivity index (χ4v) is 2.62. The van der Waals surface area contributed by atoms with Gasteiger partial charge in [-0.3, -0.25) is 14.6 Å². The molecule has 5 nitrogen and oxygen atoms in total. The number of carbonyl (C=O) groups is 2. The van der Waals surface area contributed by atoms with Crippen molar-refractivity contribution in [3.05, 3.63) is 29.3 Å². The first-order valence-electron chi connectivity index (χ1n) is 5.58. The highest BCUT2D eigenvalue weighted by Gasteiger charge is 2.31. The molecule has 1 aliphatic rings. The lowest BCUT2D eigenvalue weighted by molar-refractivity contribution is -0.122. The van der Waals surface area contributed by atoms with Crippen molar-refractivity contribution in [1.29, 1.82) is 0 Å². The van der Waals surface area contributed by atoms with Crippen LogP contribution in [0, 0.1) is 0 Å². The van der Waals surface area contributed by atoms with Crippen LogP contribution in [-0.4, -0.2) is 29.3 Å². The van der Waals surface area contributed by atoms with E-state index in [-0.39, 0.29) is 18.2 Å². The summed E-state index contributed by atoms with van der Waals surface area (Å²) in [7, 11) is 1.60. The zero-order valence-electron chi connectivity index (χ0n) is 10.1. The summed E-state index contributed by atoms with van der Waals surface area (Å²) in [6.07, 6.45) is 0.109. The number of rotatable bonds is 3. The zero-order chi connectivity index (χ0) is 13.8. The smallest absolute Gasteiger partial charge is 0.240 e. The Labute approximate surface area is 119 Å². The molecule has 0 aromatic heterocycles. The minimum Gasteiger partial charge on any atom is -0.326 e. The molecule has 1 fully saturated rings. The molecule has 100 valence electrons. The number of amidine groups is 1. The molecule has 2 N–H and O–H groups in total. The highest BCUT2D eigenvalue weighted by atomic mass is 35.5. The summed E-state index contributed by atoms with van der Waals surface area (Å²) in [5.74, 6) is -0.399. The molecule has 2 rings (SSSR count). The molecule has 0 aliphatic carbocycles. The molecule has 0 radical (unpaired) electrons. The Kier molecular flexibility index (Phi) is 4.44. The minimum atomic E-state index is -0.425. The van der Waals surface area contributed by atoms with E-state index in [0.717, 1.165) is 0 Å². The second-order valence-electron chi connectivity index (χ2n) is 3.88. The Bertz CT molecular complexity index is 530. The Hall–Kier alpha value is -1.53. The van der Waals surface area contributed by atoms with Crippen molar-refractivity contribution in [1.82, 2.24) is 5.32 Å². The number of carbonyl (C=O) groups excluding carboxylic acids is 2. The number of anilines is 1. The number of nitrogens with zero attached hydrogens (tertiary/aromatic N) is 1. The van der Waals surface area contributed by atoms with Crippen molar-refractivity contribution in [2.45, 2.75) is 11.7 Å². The van der Waals surface area contributed by atoms with E-state index in [2.05, 4.69) is 15.6 Å². The van der Waals surface area contributed by atoms with Crippen molar-refractivity contribution in [2.24, 2.45) is 4.99 Å². The highest BCUT2D eigenvalue weighted by molar-refractivity contribution is 8.15. The standard InChI is InChI=1S/C12H12ClN3O2S/c1-14-12-16-11(18)9(19-12)6-10(17)15-8-4-2-7(13)3-5-8/h2-5,9H,6H2,1H3,(H,15,17)(H,14,16,18). The van der Waals surface area contributed by atoms with Crippen LogP contribution < -0.4 is 10.6 Å². The van der Waals surface area contributed by atoms with Crippen molar-refractivity contribution in [2.75, 3.05) is 12.4 Å². The highest BCUT2D eigenvalue weighted by Crippen LogP contribution is 2.22. The summed E-state index contributed by atoms with van der Waals surface area (Å²) in [6, 6.07) is 6.80. The van der Waals surface area contributed by atoms with E-state index in [1.165, 1.54) is 11.8 Å². The van der Waals surface area contributed by atoms with Crippen LogP contribution in [0.4, 0.5) is 5.69 Å². The van der Waals surface area contributed by atoms with Gasteiger partial charge in [0.1, 0.15) is 5.25 Å². The van der Waals surface area contributed by atoms with Gasteiger partial charge in [0, 0.05) is 24.2 Å². The summed E-state index contributed by atoms with van der Waals surface area (Å²) < 4.78 is 0. The molecule has 0 spiro atoms. The first-order chi connectivity index (χ1) is 9.08. The lowest BCUT2D eigenvalue weighted by Crippen LogP contribution is -2.28. The van der Waals surface area contributed by atoms with Gasteiger partial charge in [-0.2, -0.15) is 0 Å². The normalized spacial score (nSPS) is 20.4. The van der Waals surface area contributed by atoms with Crippen LogP contribution in [0.25, 0.3) is 0 Å². The second-order valence-corrected chi connectivity index (χ2v) is 5.51. The van der Waals surface area contributed by atoms with Crippen molar-refractivity contribution in [3.63, 3.8) is 0 Å². The van der Waals surface area contributed by atoms with Gasteiger partial charge in [-0.05, 0) is 24.3 Å². The Balaban J connectivity index is 1.91. The first-order valence-corrected chi connectivity index (χ1v) is 6.84. The third-order valence-corrected chi connectivity index (χ3v) is 3.90. The third kappa shape index (κ3) is 3.71. The molecule has 1 aliphatic heterocycles. The predicted molar refractivity (Wildman–Crippen MR) is 77.6 cm³/mol. The van der Waals surface area contributed by atoms with Gasteiger partial charge in [-0.15, -0.1) is 0 Å². The SMILES string of the molecule is CN=C1NC(=O)C(CC(=O)Nc2ccc(Cl)cc2)S1. The van der Waals surface area contributed by atoms with Crippen molar-refractivity contribution >= 4 is 46.0 Å². The van der Waals surface area contributed by atoms with Gasteiger partial charge >= 0.3 is 0 Å². The van der Waals surface area contributed by atoms with E-state index >= 15 is 0 Å². The first kappa shape index (κ1) is 13.9. The van der Waals surface area contributed by atoms with Gasteiger partial charge in [-0.25, -0.2) is 0 Å². The molecular formula is C12H12ClN3O2S. The number of hydrogen-bond donors (Lipinski definition) is 2. The molecule has 2 amide bonds. The molecule has 1 unspecified atom stereocenters. The third-order valence-electron chi connectivity index (χ3n) is 2.48. The number of thioether (sulfide) groups is 1. The summed E-state index contributed by atoms with van der Waals surface area (Å²) in [6.45, 7) is 0. The van der Waals surface area contributed by atoms with Gasteiger partial charge in [0.2, 0.25) is 11.8 Å². The van der Waals surface area contributed by atoms with Gasteiger partial charge in [0.25, 0.3) is 0 Å². The van der Waals surface area contributed by atoms with E-state index in [1.807, 2.05) is 0 Å². The average Bonchev–Trinajstić information content (AvgIpc) is 2.73. The van der Waals surface area contributed by atoms with Crippen molar-refractivity contribution in [3.8, 4) is 0 Å². The lowest BCUT2D eigenvalue weighted by atomic mass is 10.2. The predicted octanol–water partition coefficient (Wildman–Crippen LogP) is 1.89. The molecule has 1 saturated heterocycles. The maximum atomic E-state index is 11.8. The monoisotopic (exact) mass is 297 g/mol. The summed E-state index contributed by atoms with van der Waals surface area (Å²) in [5, 5.41) is 6.05. The van der Waals surface area contributed by atoms with E-state index in [0.29, 0.717) is 15.9 Å². The van der Waals surface area contributed by atoms with E-state index in [1.54, 1.807) is 31.3 Å². The van der Waals surface area contributed by atoms with Crippen LogP contribution in [0.3, 0.4) is 0 Å². The largest absolute Gasteiger partial charge is 0.326 e. The van der Waals surface area contributed by atoms with Crippen molar-refractivity contribution < 1.29 is 9.59 Å². The van der Waals surface area contributed by atoms with Gasteiger partial charge in [-0.1, -0.05) is 23.4 Å². The Morgan fingerprint density at radius 2 is 2.16 bits per heavy atom. The number of benzene rings is 1. The second kappa shape index (κ2) is 6.08. The van der Waals surface area contributed by atoms with Gasteiger partial charge < -0.3 is 10.6 Å². The average molecular weight is 298 g/mol. The fraction of sp³-hybridized carbons (Fsp3) is 0.250. The number of amides is 2. The fourth-order valence-electron chi connectivity index (χ4n) is 1.56. The van der Waals surface area contributed by atoms with Gasteiger partial charge in [0.15, 0.2) is 5.17 Å². The number of aliphatic imine (C=N–C) groups is 1. The zero-order valence-corrected chi connectivity index (χ0v) is 11.7. The minimum absolute atomic E-state index is 0.109. The van der Waals surface area contributed by atoms with Crippen LogP contribution in [0.5, 0.6) is 0 Å². The molecule has 19 heavy (non-hydrogen) atoms. The lowest BCUT2D eigenvalue weighted by Gasteiger charge is -2.07. The quantitative estimate of drug-likeness (QED) is 0.895. The molecule has 0 bridgehead atoms. The summed E-state index contributed by atoms with van der Waals surface area (Å²) >= 11 is 7.02. The van der Waals surface area contributed by atoms with Crippen LogP contribution >= 0.6 is 23.4 Å². The molecule has 7 heteroatoms. The number of hydrogen-bond acceptors (Lipinski definition) is 4. The molecular weight excluding hydrogens is 286 g/mol. The van der Waals surface area contributed by atoms with E-state index in [4.69, 9.17) is 11.6 Å². The maximum absolute atomic E-state index is 11.8. The number of halogens is 1. The molecule has 1 heterocycles. The van der Waals surface area contributed by atoms with Crippen LogP contribution in [0.2, 0.25) is 5.02 Å². The molecule has 0 saturated carbocycles. The van der Waals surface area contributed by atoms with Crippen LogP contribution in [0.1, 0.15) is 6.42 Å². The summed E-state index contributed by atoms with van der Waals surface area (Å²) in [5.41, 5.74) is 0.655. The van der Waals surface area contributed by atoms with Crippen LogP contribution in [0.15, 0.2) is 29.3 Å². The topological polar surface area (TPSA) is 70.6 Å². The van der Waals surface area contributed by atoms with E-state index < -0.39 is 5.25 Å². The van der Waals surface area contributed by atoms with E-state index in [9.17, 15) is 9.59 Å². The summed E-state index contributed by atoms with van der Waals surface area (Å²) in [4.78, 5) is 27.3. The van der Waals surface area contributed by atoms with Crippen LogP contribution in [-0.2, 0) is 9.59 Å². The molecule has 1 aromatic rings. The Morgan fingerprint density at radius 3 is 2.74 bits per heavy atom. The molecule has 1 aromatic carbocycles. The maximum Gasteiger partial charge on any atom is 0.240 e. The van der Waals surface area contributed by atoms with Gasteiger partial charge in [0.05, 0.1) is 0 Å². The number of nitrogens with one attached hydrogen (secondary N) is 2. The molecule has 1 atom stereocenters.